The second kappa shape index (κ2) is 12.5. The maximum Gasteiger partial charge on any atom is 0.213 e. The Morgan fingerprint density at radius 2 is 1.48 bits per heavy atom. The van der Waals surface area contributed by atoms with Crippen LogP contribution in [0.15, 0.2) is 4.99 Å². The molecule has 8 heteroatoms. The highest BCUT2D eigenvalue weighted by atomic mass is 32.2. The first-order valence-electron chi connectivity index (χ1n) is 9.30. The van der Waals surface area contributed by atoms with Gasteiger partial charge in [-0.1, -0.05) is 0 Å². The molecule has 0 atom stereocenters. The van der Waals surface area contributed by atoms with Crippen molar-refractivity contribution in [3.63, 3.8) is 0 Å². The molecule has 0 bridgehead atoms. The Bertz CT molecular complexity index is 469. The van der Waals surface area contributed by atoms with Crippen molar-refractivity contribution >= 4 is 16.0 Å². The van der Waals surface area contributed by atoms with E-state index in [-0.39, 0.29) is 5.75 Å². The first-order chi connectivity index (χ1) is 11.7. The van der Waals surface area contributed by atoms with Crippen molar-refractivity contribution in [3.05, 3.63) is 0 Å². The summed E-state index contributed by atoms with van der Waals surface area (Å²) in [6.45, 7) is 13.7. The highest BCUT2D eigenvalue weighted by Gasteiger charge is 2.14. The Balaban J connectivity index is 4.02. The Morgan fingerprint density at radius 3 is 1.88 bits per heavy atom. The molecule has 0 fully saturated rings. The van der Waals surface area contributed by atoms with E-state index in [1.165, 1.54) is 4.31 Å². The Kier molecular flexibility index (Phi) is 12.1. The summed E-state index contributed by atoms with van der Waals surface area (Å²) in [5.74, 6) is 0.908. The first-order valence-corrected chi connectivity index (χ1v) is 10.9. The molecule has 0 aliphatic rings. The third-order valence-electron chi connectivity index (χ3n) is 4.22. The fourth-order valence-electron chi connectivity index (χ4n) is 2.67. The molecule has 0 aromatic carbocycles. The second-order valence-corrected chi connectivity index (χ2v) is 9.14. The van der Waals surface area contributed by atoms with E-state index in [2.05, 4.69) is 48.2 Å². The van der Waals surface area contributed by atoms with Crippen molar-refractivity contribution in [2.45, 2.75) is 59.5 Å². The monoisotopic (exact) mass is 377 g/mol. The van der Waals surface area contributed by atoms with E-state index in [1.54, 1.807) is 21.0 Å². The van der Waals surface area contributed by atoms with E-state index < -0.39 is 10.0 Å². The van der Waals surface area contributed by atoms with Crippen LogP contribution in [0.3, 0.4) is 0 Å². The van der Waals surface area contributed by atoms with Gasteiger partial charge in [-0.05, 0) is 47.5 Å². The average Bonchev–Trinajstić information content (AvgIpc) is 2.55. The molecule has 0 saturated carbocycles. The number of nitrogens with zero attached hydrogens (tertiary/aromatic N) is 3. The number of rotatable bonds is 12. The number of sulfonamides is 1. The van der Waals surface area contributed by atoms with Crippen LogP contribution in [0.2, 0.25) is 0 Å². The summed E-state index contributed by atoms with van der Waals surface area (Å²) in [7, 11) is 0.284. The summed E-state index contributed by atoms with van der Waals surface area (Å²) in [6, 6.07) is 1.10. The second-order valence-electron chi connectivity index (χ2n) is 6.78. The fourth-order valence-corrected chi connectivity index (χ4v) is 3.52. The molecule has 2 N–H and O–H groups in total. The topological polar surface area (TPSA) is 77.0 Å². The molecule has 0 aromatic rings. The van der Waals surface area contributed by atoms with Gasteiger partial charge in [0.25, 0.3) is 0 Å². The summed E-state index contributed by atoms with van der Waals surface area (Å²) >= 11 is 0. The Hall–Kier alpha value is -0.860. The predicted molar refractivity (Wildman–Crippen MR) is 108 cm³/mol. The highest BCUT2D eigenvalue weighted by Crippen LogP contribution is 2.05. The van der Waals surface area contributed by atoms with E-state index in [0.717, 1.165) is 31.9 Å². The van der Waals surface area contributed by atoms with Crippen LogP contribution in [0.5, 0.6) is 0 Å². The van der Waals surface area contributed by atoms with Gasteiger partial charge in [-0.15, -0.1) is 0 Å². The minimum atomic E-state index is -3.09. The lowest BCUT2D eigenvalue weighted by atomic mass is 10.2. The van der Waals surface area contributed by atoms with Crippen LogP contribution < -0.4 is 10.6 Å². The standard InChI is InChI=1S/C17H39N5O2S/c1-8-25(23,24)21(7)13-9-11-19-17(18-6)20-12-10-14-22(15(2)3)16(4)5/h15-16H,8-14H2,1-7H3,(H2,18,19,20). The fraction of sp³-hybridized carbons (Fsp3) is 0.941. The van der Waals surface area contributed by atoms with Gasteiger partial charge in [-0.2, -0.15) is 0 Å². The van der Waals surface area contributed by atoms with Gasteiger partial charge in [0.05, 0.1) is 5.75 Å². The van der Waals surface area contributed by atoms with Crippen LogP contribution in [0.4, 0.5) is 0 Å². The molecule has 150 valence electrons. The molecule has 7 nitrogen and oxygen atoms in total. The molecule has 0 aliphatic carbocycles. The lowest BCUT2D eigenvalue weighted by Gasteiger charge is -2.30. The van der Waals surface area contributed by atoms with Crippen molar-refractivity contribution in [1.82, 2.24) is 19.8 Å². The van der Waals surface area contributed by atoms with Crippen LogP contribution in [-0.4, -0.2) is 81.7 Å². The lowest BCUT2D eigenvalue weighted by molar-refractivity contribution is 0.173. The van der Waals surface area contributed by atoms with Gasteiger partial charge in [0, 0.05) is 52.4 Å². The zero-order valence-electron chi connectivity index (χ0n) is 17.2. The van der Waals surface area contributed by atoms with Crippen molar-refractivity contribution in [1.29, 1.82) is 0 Å². The van der Waals surface area contributed by atoms with Crippen molar-refractivity contribution in [3.8, 4) is 0 Å². The quantitative estimate of drug-likeness (QED) is 0.305. The van der Waals surface area contributed by atoms with Crippen LogP contribution in [0, 0.1) is 0 Å². The van der Waals surface area contributed by atoms with E-state index in [0.29, 0.717) is 25.2 Å². The van der Waals surface area contributed by atoms with Crippen LogP contribution in [0.25, 0.3) is 0 Å². The molecule has 0 aromatic heterocycles. The summed E-state index contributed by atoms with van der Waals surface area (Å²) in [6.07, 6.45) is 1.79. The molecule has 0 unspecified atom stereocenters. The summed E-state index contributed by atoms with van der Waals surface area (Å²) < 4.78 is 24.8. The van der Waals surface area contributed by atoms with Crippen LogP contribution in [-0.2, 0) is 10.0 Å². The molecule has 0 heterocycles. The predicted octanol–water partition coefficient (Wildman–Crippen LogP) is 1.33. The zero-order valence-corrected chi connectivity index (χ0v) is 18.0. The third kappa shape index (κ3) is 10.0. The zero-order chi connectivity index (χ0) is 19.5. The number of nitrogens with one attached hydrogen (secondary N) is 2. The van der Waals surface area contributed by atoms with Gasteiger partial charge in [0.1, 0.15) is 0 Å². The number of hydrogen-bond donors (Lipinski definition) is 2. The largest absolute Gasteiger partial charge is 0.356 e. The minimum absolute atomic E-state index is 0.143. The van der Waals surface area contributed by atoms with Crippen molar-refractivity contribution in [2.24, 2.45) is 4.99 Å². The molecular weight excluding hydrogens is 338 g/mol. The molecule has 25 heavy (non-hydrogen) atoms. The van der Waals surface area contributed by atoms with E-state index >= 15 is 0 Å². The third-order valence-corrected chi connectivity index (χ3v) is 6.08. The van der Waals surface area contributed by atoms with Gasteiger partial charge in [-0.3, -0.25) is 9.89 Å². The van der Waals surface area contributed by atoms with Gasteiger partial charge < -0.3 is 10.6 Å². The molecule has 0 aliphatic heterocycles. The van der Waals surface area contributed by atoms with Crippen LogP contribution >= 0.6 is 0 Å². The van der Waals surface area contributed by atoms with E-state index in [1.807, 2.05) is 0 Å². The smallest absolute Gasteiger partial charge is 0.213 e. The maximum atomic E-state index is 11.7. The van der Waals surface area contributed by atoms with Crippen LogP contribution in [0.1, 0.15) is 47.5 Å². The SMILES string of the molecule is CCS(=O)(=O)N(C)CCCNC(=NC)NCCCN(C(C)C)C(C)C. The lowest BCUT2D eigenvalue weighted by Crippen LogP contribution is -2.42. The Morgan fingerprint density at radius 1 is 1.00 bits per heavy atom. The molecule has 0 spiro atoms. The Labute approximate surface area is 155 Å². The molecule has 0 saturated heterocycles. The molecule has 0 radical (unpaired) electrons. The molecule has 0 amide bonds. The number of hydrogen-bond acceptors (Lipinski definition) is 4. The number of guanidine groups is 1. The summed E-state index contributed by atoms with van der Waals surface area (Å²) in [4.78, 5) is 6.68. The first kappa shape index (κ1) is 24.1. The van der Waals surface area contributed by atoms with Gasteiger partial charge >= 0.3 is 0 Å². The highest BCUT2D eigenvalue weighted by molar-refractivity contribution is 7.89. The minimum Gasteiger partial charge on any atom is -0.356 e. The number of aliphatic imine (C=N–C) groups is 1. The van der Waals surface area contributed by atoms with Crippen molar-refractivity contribution < 1.29 is 8.42 Å². The van der Waals surface area contributed by atoms with Gasteiger partial charge in [0.2, 0.25) is 10.0 Å². The summed E-state index contributed by atoms with van der Waals surface area (Å²) in [5.41, 5.74) is 0. The molecular formula is C17H39N5O2S. The van der Waals surface area contributed by atoms with Gasteiger partial charge in [-0.25, -0.2) is 12.7 Å². The molecule has 0 rings (SSSR count). The summed E-state index contributed by atoms with van der Waals surface area (Å²) in [5, 5.41) is 6.54. The van der Waals surface area contributed by atoms with Crippen molar-refractivity contribution in [2.75, 3.05) is 46.0 Å². The van der Waals surface area contributed by atoms with E-state index in [4.69, 9.17) is 0 Å². The normalized spacial score (nSPS) is 13.3. The van der Waals surface area contributed by atoms with Gasteiger partial charge in [0.15, 0.2) is 5.96 Å². The average molecular weight is 378 g/mol. The maximum absolute atomic E-state index is 11.7. The van der Waals surface area contributed by atoms with E-state index in [9.17, 15) is 8.42 Å².